The van der Waals surface area contributed by atoms with Crippen LogP contribution in [0.25, 0.3) is 0 Å². The van der Waals surface area contributed by atoms with Crippen molar-refractivity contribution < 1.29 is 14.3 Å². The van der Waals surface area contributed by atoms with Gasteiger partial charge in [0.25, 0.3) is 5.24 Å². The number of carbonyl (C=O) groups is 2. The second kappa shape index (κ2) is 6.70. The third kappa shape index (κ3) is 4.36. The van der Waals surface area contributed by atoms with Gasteiger partial charge in [-0.05, 0) is 29.8 Å². The molecule has 1 N–H and O–H groups in total. The van der Waals surface area contributed by atoms with Crippen molar-refractivity contribution in [3.05, 3.63) is 29.8 Å². The molecule has 0 aliphatic heterocycles. The number of halogens is 2. The first-order valence-electron chi connectivity index (χ1n) is 4.43. The zero-order valence-electron chi connectivity index (χ0n) is 8.20. The van der Waals surface area contributed by atoms with Crippen LogP contribution in [0.2, 0.25) is 0 Å². The fraction of sp³-hybridized carbons (Fsp3) is 0.200. The Labute approximate surface area is 111 Å². The van der Waals surface area contributed by atoms with E-state index in [4.69, 9.17) is 16.3 Å². The predicted octanol–water partition coefficient (Wildman–Crippen LogP) is 3.05. The highest BCUT2D eigenvalue weighted by Crippen LogP contribution is 2.12. The van der Waals surface area contributed by atoms with Crippen LogP contribution in [0.15, 0.2) is 24.3 Å². The molecule has 6 heteroatoms. The molecule has 0 aliphatic carbocycles. The SMILES string of the molecule is O=C(Nc1cccc(C(=O)Cl)c1)OCCI. The summed E-state index contributed by atoms with van der Waals surface area (Å²) in [6.45, 7) is 0.348. The molecule has 0 unspecified atom stereocenters. The van der Waals surface area contributed by atoms with Crippen LogP contribution in [0, 0.1) is 0 Å². The number of alkyl halides is 1. The Bertz CT molecular complexity index is 397. The van der Waals surface area contributed by atoms with E-state index >= 15 is 0 Å². The third-order valence-corrected chi connectivity index (χ3v) is 2.30. The lowest BCUT2D eigenvalue weighted by atomic mass is 10.2. The largest absolute Gasteiger partial charge is 0.448 e. The number of hydrogen-bond donors (Lipinski definition) is 1. The van der Waals surface area contributed by atoms with Gasteiger partial charge in [0.05, 0.1) is 0 Å². The van der Waals surface area contributed by atoms with Gasteiger partial charge in [-0.2, -0.15) is 0 Å². The summed E-state index contributed by atoms with van der Waals surface area (Å²) in [7, 11) is 0. The number of anilines is 1. The van der Waals surface area contributed by atoms with Gasteiger partial charge < -0.3 is 4.74 Å². The maximum absolute atomic E-state index is 11.2. The van der Waals surface area contributed by atoms with Crippen molar-refractivity contribution in [3.8, 4) is 0 Å². The van der Waals surface area contributed by atoms with Crippen LogP contribution < -0.4 is 5.32 Å². The summed E-state index contributed by atoms with van der Waals surface area (Å²) < 4.78 is 5.55. The quantitative estimate of drug-likeness (QED) is 0.514. The number of benzene rings is 1. The highest BCUT2D eigenvalue weighted by Gasteiger charge is 2.05. The Kier molecular flexibility index (Phi) is 5.54. The van der Waals surface area contributed by atoms with Crippen molar-refractivity contribution in [2.24, 2.45) is 0 Å². The number of carbonyl (C=O) groups excluding carboxylic acids is 2. The summed E-state index contributed by atoms with van der Waals surface area (Å²) in [6, 6.07) is 6.33. The normalized spacial score (nSPS) is 9.62. The molecule has 0 bridgehead atoms. The smallest absolute Gasteiger partial charge is 0.411 e. The Morgan fingerprint density at radius 1 is 1.44 bits per heavy atom. The zero-order valence-corrected chi connectivity index (χ0v) is 11.1. The molecule has 0 fully saturated rings. The van der Waals surface area contributed by atoms with Gasteiger partial charge in [0.15, 0.2) is 0 Å². The van der Waals surface area contributed by atoms with Gasteiger partial charge in [0.1, 0.15) is 6.61 Å². The average Bonchev–Trinajstić information content (AvgIpc) is 2.26. The van der Waals surface area contributed by atoms with Crippen LogP contribution in [0.4, 0.5) is 10.5 Å². The second-order valence-electron chi connectivity index (χ2n) is 2.80. The lowest BCUT2D eigenvalue weighted by molar-refractivity contribution is 0.108. The Morgan fingerprint density at radius 2 is 2.19 bits per heavy atom. The zero-order chi connectivity index (χ0) is 12.0. The van der Waals surface area contributed by atoms with Crippen molar-refractivity contribution in [1.82, 2.24) is 0 Å². The Balaban J connectivity index is 2.63. The molecule has 0 atom stereocenters. The maximum Gasteiger partial charge on any atom is 0.411 e. The number of ether oxygens (including phenoxy) is 1. The van der Waals surface area contributed by atoms with Gasteiger partial charge in [0, 0.05) is 15.7 Å². The van der Waals surface area contributed by atoms with Crippen molar-refractivity contribution in [2.45, 2.75) is 0 Å². The molecule has 4 nitrogen and oxygen atoms in total. The molecule has 0 aliphatic rings. The van der Waals surface area contributed by atoms with Crippen molar-refractivity contribution in [2.75, 3.05) is 16.4 Å². The number of nitrogens with one attached hydrogen (secondary N) is 1. The minimum Gasteiger partial charge on any atom is -0.448 e. The molecule has 0 saturated carbocycles. The van der Waals surface area contributed by atoms with Crippen LogP contribution in [0.5, 0.6) is 0 Å². The van der Waals surface area contributed by atoms with Gasteiger partial charge >= 0.3 is 6.09 Å². The van der Waals surface area contributed by atoms with Crippen molar-refractivity contribution in [1.29, 1.82) is 0 Å². The van der Waals surface area contributed by atoms with E-state index < -0.39 is 11.3 Å². The summed E-state index contributed by atoms with van der Waals surface area (Å²) >= 11 is 7.41. The minimum absolute atomic E-state index is 0.327. The molecule has 1 aromatic carbocycles. The fourth-order valence-electron chi connectivity index (χ4n) is 1.00. The molecular weight excluding hydrogens is 344 g/mol. The van der Waals surface area contributed by atoms with E-state index in [1.807, 2.05) is 0 Å². The van der Waals surface area contributed by atoms with Crippen LogP contribution >= 0.6 is 34.2 Å². The van der Waals surface area contributed by atoms with Crippen LogP contribution in [0.1, 0.15) is 10.4 Å². The van der Waals surface area contributed by atoms with E-state index in [9.17, 15) is 9.59 Å². The predicted molar refractivity (Wildman–Crippen MR) is 70.5 cm³/mol. The first kappa shape index (κ1) is 13.2. The van der Waals surface area contributed by atoms with Crippen molar-refractivity contribution in [3.63, 3.8) is 0 Å². The van der Waals surface area contributed by atoms with Crippen LogP contribution in [0.3, 0.4) is 0 Å². The highest BCUT2D eigenvalue weighted by molar-refractivity contribution is 14.1. The third-order valence-electron chi connectivity index (χ3n) is 1.65. The lowest BCUT2D eigenvalue weighted by Crippen LogP contribution is -2.14. The molecule has 0 saturated heterocycles. The number of amides is 1. The molecule has 16 heavy (non-hydrogen) atoms. The van der Waals surface area contributed by atoms with Gasteiger partial charge in [-0.25, -0.2) is 4.79 Å². The van der Waals surface area contributed by atoms with E-state index in [2.05, 4.69) is 27.9 Å². The van der Waals surface area contributed by atoms with E-state index in [1.54, 1.807) is 18.2 Å². The molecule has 0 radical (unpaired) electrons. The molecule has 1 amide bonds. The second-order valence-corrected chi connectivity index (χ2v) is 4.23. The van der Waals surface area contributed by atoms with E-state index in [1.165, 1.54) is 6.07 Å². The fourth-order valence-corrected chi connectivity index (χ4v) is 1.34. The topological polar surface area (TPSA) is 55.4 Å². The molecule has 0 heterocycles. The van der Waals surface area contributed by atoms with Crippen LogP contribution in [-0.2, 0) is 4.74 Å². The first-order chi connectivity index (χ1) is 7.63. The van der Waals surface area contributed by atoms with Crippen molar-refractivity contribution >= 4 is 51.2 Å². The molecule has 1 rings (SSSR count). The van der Waals surface area contributed by atoms with E-state index in [0.29, 0.717) is 17.9 Å². The molecule has 86 valence electrons. The number of hydrogen-bond acceptors (Lipinski definition) is 3. The maximum atomic E-state index is 11.2. The standard InChI is InChI=1S/C10H9ClINO3/c11-9(14)7-2-1-3-8(6-7)13-10(15)16-5-4-12/h1-3,6H,4-5H2,(H,13,15). The summed E-state index contributed by atoms with van der Waals surface area (Å²) in [5, 5.41) is 1.93. The van der Waals surface area contributed by atoms with Gasteiger partial charge in [-0.15, -0.1) is 0 Å². The Morgan fingerprint density at radius 3 is 2.81 bits per heavy atom. The lowest BCUT2D eigenvalue weighted by Gasteiger charge is -2.06. The minimum atomic E-state index is -0.565. The first-order valence-corrected chi connectivity index (χ1v) is 6.33. The summed E-state index contributed by atoms with van der Waals surface area (Å²) in [4.78, 5) is 22.1. The molecule has 1 aromatic rings. The summed E-state index contributed by atoms with van der Waals surface area (Å²) in [5.74, 6) is 0. The summed E-state index contributed by atoms with van der Waals surface area (Å²) in [5.41, 5.74) is 0.804. The van der Waals surface area contributed by atoms with Gasteiger partial charge in [0.2, 0.25) is 0 Å². The van der Waals surface area contributed by atoms with Gasteiger partial charge in [-0.3, -0.25) is 10.1 Å². The monoisotopic (exact) mass is 353 g/mol. The molecule has 0 aromatic heterocycles. The van der Waals surface area contributed by atoms with E-state index in [-0.39, 0.29) is 0 Å². The summed E-state index contributed by atoms with van der Waals surface area (Å²) in [6.07, 6.45) is -0.546. The highest BCUT2D eigenvalue weighted by atomic mass is 127. The number of rotatable bonds is 4. The molecular formula is C10H9ClINO3. The van der Waals surface area contributed by atoms with Gasteiger partial charge in [-0.1, -0.05) is 28.7 Å². The molecule has 0 spiro atoms. The Hall–Kier alpha value is -0.820. The van der Waals surface area contributed by atoms with E-state index in [0.717, 1.165) is 4.43 Å². The van der Waals surface area contributed by atoms with Crippen LogP contribution in [-0.4, -0.2) is 22.4 Å². The average molecular weight is 354 g/mol.